The monoisotopic (exact) mass is 208 g/mol. The van der Waals surface area contributed by atoms with Crippen molar-refractivity contribution in [2.75, 3.05) is 6.54 Å². The molecule has 1 N–H and O–H groups in total. The molecule has 1 fully saturated rings. The summed E-state index contributed by atoms with van der Waals surface area (Å²) in [4.78, 5) is 4.30. The van der Waals surface area contributed by atoms with Crippen LogP contribution < -0.4 is 5.32 Å². The summed E-state index contributed by atoms with van der Waals surface area (Å²) in [5, 5.41) is 7.74. The van der Waals surface area contributed by atoms with Gasteiger partial charge in [-0.1, -0.05) is 13.8 Å². The van der Waals surface area contributed by atoms with Gasteiger partial charge in [0.2, 0.25) is 0 Å². The van der Waals surface area contributed by atoms with Crippen LogP contribution in [0, 0.1) is 5.92 Å². The third-order valence-electron chi connectivity index (χ3n) is 2.59. The Morgan fingerprint density at radius 3 is 3.00 bits per heavy atom. The van der Waals surface area contributed by atoms with Crippen LogP contribution in [0.4, 0.5) is 0 Å². The predicted molar refractivity (Wildman–Crippen MR) is 59.6 cm³/mol. The van der Waals surface area contributed by atoms with E-state index in [4.69, 9.17) is 0 Å². The lowest BCUT2D eigenvalue weighted by Gasteiger charge is -2.08. The molecule has 0 aromatic carbocycles. The van der Waals surface area contributed by atoms with E-state index < -0.39 is 0 Å². The van der Waals surface area contributed by atoms with Crippen LogP contribution in [0.3, 0.4) is 0 Å². The molecule has 1 aromatic rings. The van der Waals surface area contributed by atoms with Crippen molar-refractivity contribution < 1.29 is 0 Å². The van der Waals surface area contributed by atoms with Gasteiger partial charge in [0.1, 0.15) is 12.2 Å². The van der Waals surface area contributed by atoms with E-state index in [1.165, 1.54) is 12.8 Å². The third-order valence-corrected chi connectivity index (χ3v) is 2.59. The molecule has 2 rings (SSSR count). The first-order valence-electron chi connectivity index (χ1n) is 5.86. The molecule has 4 heteroatoms. The minimum Gasteiger partial charge on any atom is -0.314 e. The molecule has 0 spiro atoms. The van der Waals surface area contributed by atoms with E-state index in [1.807, 2.05) is 4.68 Å². The Labute approximate surface area is 91.1 Å². The lowest BCUT2D eigenvalue weighted by Crippen LogP contribution is -2.21. The molecule has 0 aliphatic heterocycles. The van der Waals surface area contributed by atoms with Gasteiger partial charge in [-0.05, 0) is 18.8 Å². The Morgan fingerprint density at radius 2 is 2.33 bits per heavy atom. The van der Waals surface area contributed by atoms with Crippen molar-refractivity contribution in [3.63, 3.8) is 0 Å². The summed E-state index contributed by atoms with van der Waals surface area (Å²) in [7, 11) is 0. The summed E-state index contributed by atoms with van der Waals surface area (Å²) in [5.74, 6) is 1.73. The first-order valence-corrected chi connectivity index (χ1v) is 5.86. The highest BCUT2D eigenvalue weighted by atomic mass is 15.3. The van der Waals surface area contributed by atoms with E-state index in [2.05, 4.69) is 29.2 Å². The molecule has 0 saturated heterocycles. The fraction of sp³-hybridized carbons (Fsp3) is 0.818. The number of rotatable bonds is 6. The predicted octanol–water partition coefficient (Wildman–Crippen LogP) is 1.23. The van der Waals surface area contributed by atoms with Crippen LogP contribution >= 0.6 is 0 Å². The summed E-state index contributed by atoms with van der Waals surface area (Å²) >= 11 is 0. The van der Waals surface area contributed by atoms with Crippen LogP contribution in [-0.4, -0.2) is 27.4 Å². The minimum atomic E-state index is 0.627. The van der Waals surface area contributed by atoms with Crippen molar-refractivity contribution in [3.05, 3.63) is 12.2 Å². The number of hydrogen-bond acceptors (Lipinski definition) is 3. The average molecular weight is 208 g/mol. The third kappa shape index (κ3) is 3.30. The highest BCUT2D eigenvalue weighted by molar-refractivity contribution is 4.88. The van der Waals surface area contributed by atoms with Crippen LogP contribution in [0.25, 0.3) is 0 Å². The number of nitrogens with one attached hydrogen (secondary N) is 1. The molecule has 0 bridgehead atoms. The summed E-state index contributed by atoms with van der Waals surface area (Å²) in [6.07, 6.45) is 5.34. The molecule has 0 radical (unpaired) electrons. The average Bonchev–Trinajstić information content (AvgIpc) is 2.89. The highest BCUT2D eigenvalue weighted by Crippen LogP contribution is 2.18. The van der Waals surface area contributed by atoms with Crippen LogP contribution in [0.15, 0.2) is 6.33 Å². The molecular weight excluding hydrogens is 188 g/mol. The second-order valence-corrected chi connectivity index (χ2v) is 4.73. The van der Waals surface area contributed by atoms with Crippen LogP contribution in [0.5, 0.6) is 0 Å². The molecule has 1 saturated carbocycles. The second kappa shape index (κ2) is 4.75. The fourth-order valence-corrected chi connectivity index (χ4v) is 1.66. The Balaban J connectivity index is 1.80. The van der Waals surface area contributed by atoms with Gasteiger partial charge >= 0.3 is 0 Å². The zero-order valence-corrected chi connectivity index (χ0v) is 9.61. The molecule has 84 valence electrons. The molecule has 0 amide bonds. The minimum absolute atomic E-state index is 0.627. The lowest BCUT2D eigenvalue weighted by atomic mass is 10.2. The van der Waals surface area contributed by atoms with Gasteiger partial charge in [0, 0.05) is 25.6 Å². The van der Waals surface area contributed by atoms with Crippen molar-refractivity contribution in [1.82, 2.24) is 20.1 Å². The van der Waals surface area contributed by atoms with Crippen molar-refractivity contribution in [2.45, 2.75) is 45.7 Å². The quantitative estimate of drug-likeness (QED) is 0.764. The number of aromatic nitrogens is 3. The zero-order chi connectivity index (χ0) is 10.7. The van der Waals surface area contributed by atoms with Gasteiger partial charge in [-0.25, -0.2) is 9.67 Å². The molecule has 1 heterocycles. The van der Waals surface area contributed by atoms with Crippen molar-refractivity contribution in [3.8, 4) is 0 Å². The summed E-state index contributed by atoms with van der Waals surface area (Å²) in [6.45, 7) is 6.40. The number of hydrogen-bond donors (Lipinski definition) is 1. The van der Waals surface area contributed by atoms with Crippen molar-refractivity contribution in [1.29, 1.82) is 0 Å². The number of nitrogens with zero attached hydrogens (tertiary/aromatic N) is 3. The van der Waals surface area contributed by atoms with E-state index in [-0.39, 0.29) is 0 Å². The van der Waals surface area contributed by atoms with Gasteiger partial charge in [0.25, 0.3) is 0 Å². The van der Waals surface area contributed by atoms with Gasteiger partial charge in [-0.15, -0.1) is 0 Å². The summed E-state index contributed by atoms with van der Waals surface area (Å²) in [6, 6.07) is 0.784. The van der Waals surface area contributed by atoms with E-state index in [9.17, 15) is 0 Å². The van der Waals surface area contributed by atoms with Gasteiger partial charge in [-0.3, -0.25) is 0 Å². The first kappa shape index (κ1) is 10.6. The Kier molecular flexibility index (Phi) is 3.36. The lowest BCUT2D eigenvalue weighted by molar-refractivity contribution is 0.463. The largest absolute Gasteiger partial charge is 0.314 e. The van der Waals surface area contributed by atoms with Gasteiger partial charge in [-0.2, -0.15) is 5.10 Å². The summed E-state index contributed by atoms with van der Waals surface area (Å²) in [5.41, 5.74) is 0. The fourth-order valence-electron chi connectivity index (χ4n) is 1.66. The topological polar surface area (TPSA) is 42.7 Å². The molecule has 0 atom stereocenters. The molecule has 1 aromatic heterocycles. The maximum absolute atomic E-state index is 4.30. The van der Waals surface area contributed by atoms with E-state index in [1.54, 1.807) is 6.33 Å². The second-order valence-electron chi connectivity index (χ2n) is 4.73. The molecule has 1 aliphatic rings. The summed E-state index contributed by atoms with van der Waals surface area (Å²) < 4.78 is 2.03. The molecular formula is C11H20N4. The van der Waals surface area contributed by atoms with Gasteiger partial charge in [0.15, 0.2) is 0 Å². The molecule has 0 unspecified atom stereocenters. The van der Waals surface area contributed by atoms with Crippen LogP contribution in [0.1, 0.15) is 32.5 Å². The van der Waals surface area contributed by atoms with Crippen molar-refractivity contribution in [2.24, 2.45) is 5.92 Å². The maximum atomic E-state index is 4.30. The molecule has 1 aliphatic carbocycles. The Bertz CT molecular complexity index is 301. The molecule has 15 heavy (non-hydrogen) atoms. The normalized spacial score (nSPS) is 16.2. The SMILES string of the molecule is CC(C)Cn1ncnc1CCNC1CC1. The van der Waals surface area contributed by atoms with E-state index in [0.29, 0.717) is 5.92 Å². The highest BCUT2D eigenvalue weighted by Gasteiger charge is 2.20. The van der Waals surface area contributed by atoms with E-state index >= 15 is 0 Å². The van der Waals surface area contributed by atoms with Gasteiger partial charge in [0.05, 0.1) is 0 Å². The molecule has 4 nitrogen and oxygen atoms in total. The van der Waals surface area contributed by atoms with Crippen LogP contribution in [-0.2, 0) is 13.0 Å². The maximum Gasteiger partial charge on any atom is 0.138 e. The van der Waals surface area contributed by atoms with Crippen LogP contribution in [0.2, 0.25) is 0 Å². The Hall–Kier alpha value is -0.900. The smallest absolute Gasteiger partial charge is 0.138 e. The Morgan fingerprint density at radius 1 is 1.53 bits per heavy atom. The van der Waals surface area contributed by atoms with E-state index in [0.717, 1.165) is 31.4 Å². The van der Waals surface area contributed by atoms with Crippen molar-refractivity contribution >= 4 is 0 Å². The van der Waals surface area contributed by atoms with Gasteiger partial charge < -0.3 is 5.32 Å². The standard InChI is InChI=1S/C11H20N4/c1-9(2)7-15-11(13-8-14-15)5-6-12-10-3-4-10/h8-10,12H,3-7H2,1-2H3. The zero-order valence-electron chi connectivity index (χ0n) is 9.61. The first-order chi connectivity index (χ1) is 7.25.